The molecule has 0 saturated heterocycles. The molecular weight excluding hydrogens is 370 g/mol. The lowest BCUT2D eigenvalue weighted by Gasteiger charge is -2.20. The van der Waals surface area contributed by atoms with E-state index in [1.54, 1.807) is 25.1 Å². The number of methoxy groups -OCH3 is 4. The second kappa shape index (κ2) is 8.39. The van der Waals surface area contributed by atoms with Crippen LogP contribution in [-0.2, 0) is 9.84 Å². The smallest absolute Gasteiger partial charge is 0.203 e. The lowest BCUT2D eigenvalue weighted by molar-refractivity contribution is 0.322. The number of ether oxygens (including phenoxy) is 4. The van der Waals surface area contributed by atoms with Crippen LogP contribution in [0, 0.1) is 0 Å². The van der Waals surface area contributed by atoms with Crippen molar-refractivity contribution in [2.24, 2.45) is 0 Å². The Hall–Kier alpha value is -2.61. The van der Waals surface area contributed by atoms with Gasteiger partial charge in [-0.2, -0.15) is 0 Å². The number of benzene rings is 2. The van der Waals surface area contributed by atoms with Crippen LogP contribution in [0.25, 0.3) is 0 Å². The molecule has 8 heteroatoms. The Balaban J connectivity index is 2.60. The predicted molar refractivity (Wildman–Crippen MR) is 104 cm³/mol. The summed E-state index contributed by atoms with van der Waals surface area (Å²) < 4.78 is 47.6. The Labute approximate surface area is 159 Å². The molecule has 7 nitrogen and oxygen atoms in total. The van der Waals surface area contributed by atoms with Crippen molar-refractivity contribution in [1.82, 2.24) is 0 Å². The van der Waals surface area contributed by atoms with E-state index in [-0.39, 0.29) is 16.4 Å². The van der Waals surface area contributed by atoms with Crippen LogP contribution in [0.15, 0.2) is 35.2 Å². The van der Waals surface area contributed by atoms with Gasteiger partial charge in [-0.15, -0.1) is 0 Å². The molecule has 0 aromatic heterocycles. The van der Waals surface area contributed by atoms with Crippen LogP contribution in [0.2, 0.25) is 0 Å². The summed E-state index contributed by atoms with van der Waals surface area (Å²) in [6.07, 6.45) is 0.366. The van der Waals surface area contributed by atoms with Gasteiger partial charge in [-0.25, -0.2) is 8.42 Å². The summed E-state index contributed by atoms with van der Waals surface area (Å²) in [6.45, 7) is 1.81. The molecule has 2 aromatic carbocycles. The van der Waals surface area contributed by atoms with Gasteiger partial charge in [0, 0.05) is 12.1 Å². The first-order valence-corrected chi connectivity index (χ1v) is 9.85. The Kier molecular flexibility index (Phi) is 6.43. The minimum Gasteiger partial charge on any atom is -0.495 e. The van der Waals surface area contributed by atoms with Crippen molar-refractivity contribution >= 4 is 15.5 Å². The van der Waals surface area contributed by atoms with Crippen molar-refractivity contribution in [1.29, 1.82) is 0 Å². The number of hydrogen-bond acceptors (Lipinski definition) is 7. The molecule has 0 bridgehead atoms. The van der Waals surface area contributed by atoms with Gasteiger partial charge >= 0.3 is 0 Å². The molecule has 148 valence electrons. The van der Waals surface area contributed by atoms with E-state index in [2.05, 4.69) is 0 Å². The third kappa shape index (κ3) is 3.90. The lowest BCUT2D eigenvalue weighted by Crippen LogP contribution is -2.14. The fraction of sp³-hybridized carbons (Fsp3) is 0.368. The molecule has 0 aliphatic rings. The largest absolute Gasteiger partial charge is 0.495 e. The quantitative estimate of drug-likeness (QED) is 0.685. The third-order valence-electron chi connectivity index (χ3n) is 4.34. The molecule has 0 heterocycles. The molecule has 0 spiro atoms. The highest BCUT2D eigenvalue weighted by Crippen LogP contribution is 2.42. The normalized spacial score (nSPS) is 12.3. The molecule has 1 atom stereocenters. The summed E-state index contributed by atoms with van der Waals surface area (Å²) in [5, 5.41) is -0.784. The van der Waals surface area contributed by atoms with E-state index < -0.39 is 15.1 Å². The maximum absolute atomic E-state index is 13.3. The van der Waals surface area contributed by atoms with Crippen LogP contribution in [0.4, 0.5) is 5.69 Å². The van der Waals surface area contributed by atoms with Crippen LogP contribution in [0.5, 0.6) is 23.0 Å². The zero-order chi connectivity index (χ0) is 20.2. The Morgan fingerprint density at radius 2 is 1.44 bits per heavy atom. The average molecular weight is 395 g/mol. The highest BCUT2D eigenvalue weighted by Gasteiger charge is 2.30. The summed E-state index contributed by atoms with van der Waals surface area (Å²) in [7, 11) is 2.11. The van der Waals surface area contributed by atoms with Crippen LogP contribution in [0.1, 0.15) is 24.2 Å². The Morgan fingerprint density at radius 3 is 1.85 bits per heavy atom. The number of nitrogen functional groups attached to an aromatic ring is 1. The topological polar surface area (TPSA) is 97.1 Å². The summed E-state index contributed by atoms with van der Waals surface area (Å²) in [5.41, 5.74) is 6.93. The molecule has 0 aliphatic heterocycles. The van der Waals surface area contributed by atoms with Crippen molar-refractivity contribution in [3.63, 3.8) is 0 Å². The summed E-state index contributed by atoms with van der Waals surface area (Å²) >= 11 is 0. The van der Waals surface area contributed by atoms with Crippen molar-refractivity contribution in [3.05, 3.63) is 35.9 Å². The van der Waals surface area contributed by atoms with E-state index in [1.807, 2.05) is 0 Å². The molecule has 2 N–H and O–H groups in total. The zero-order valence-corrected chi connectivity index (χ0v) is 16.9. The van der Waals surface area contributed by atoms with E-state index in [4.69, 9.17) is 24.7 Å². The minimum atomic E-state index is -3.74. The number of anilines is 1. The standard InChI is InChI=1S/C19H25NO6S/c1-6-18(12-7-8-15(23-2)14(20)9-12)27(21,22)13-10-16(24-3)19(26-5)17(11-13)25-4/h7-11,18H,6,20H2,1-5H3. The highest BCUT2D eigenvalue weighted by atomic mass is 32.2. The molecule has 0 fully saturated rings. The first kappa shape index (κ1) is 20.7. The SMILES string of the molecule is CCC(c1ccc(OC)c(N)c1)S(=O)(=O)c1cc(OC)c(OC)c(OC)c1. The summed E-state index contributed by atoms with van der Waals surface area (Å²) in [5.74, 6) is 1.39. The van der Waals surface area contributed by atoms with Gasteiger partial charge in [0.2, 0.25) is 5.75 Å². The monoisotopic (exact) mass is 395 g/mol. The van der Waals surface area contributed by atoms with Crippen LogP contribution in [0.3, 0.4) is 0 Å². The van der Waals surface area contributed by atoms with Gasteiger partial charge in [-0.3, -0.25) is 0 Å². The van der Waals surface area contributed by atoms with Gasteiger partial charge in [0.1, 0.15) is 5.75 Å². The van der Waals surface area contributed by atoms with E-state index in [1.165, 1.54) is 40.6 Å². The summed E-state index contributed by atoms with van der Waals surface area (Å²) in [4.78, 5) is 0.0817. The Bertz CT molecular complexity index is 885. The second-order valence-electron chi connectivity index (χ2n) is 5.80. The first-order chi connectivity index (χ1) is 12.8. The molecule has 2 rings (SSSR count). The van der Waals surface area contributed by atoms with Gasteiger partial charge in [0.15, 0.2) is 21.3 Å². The van der Waals surface area contributed by atoms with Crippen LogP contribution in [-0.4, -0.2) is 36.9 Å². The van der Waals surface area contributed by atoms with Gasteiger partial charge in [-0.1, -0.05) is 13.0 Å². The van der Waals surface area contributed by atoms with Crippen molar-refractivity contribution in [2.75, 3.05) is 34.2 Å². The van der Waals surface area contributed by atoms with Crippen molar-refractivity contribution in [2.45, 2.75) is 23.5 Å². The molecule has 27 heavy (non-hydrogen) atoms. The number of rotatable bonds is 8. The molecule has 0 radical (unpaired) electrons. The molecule has 1 unspecified atom stereocenters. The number of sulfone groups is 1. The van der Waals surface area contributed by atoms with Crippen molar-refractivity contribution in [3.8, 4) is 23.0 Å². The Morgan fingerprint density at radius 1 is 0.889 bits per heavy atom. The first-order valence-electron chi connectivity index (χ1n) is 8.31. The average Bonchev–Trinajstić information content (AvgIpc) is 2.67. The number of nitrogens with two attached hydrogens (primary N) is 1. The fourth-order valence-electron chi connectivity index (χ4n) is 2.97. The van der Waals surface area contributed by atoms with Gasteiger partial charge in [-0.05, 0) is 24.1 Å². The van der Waals surface area contributed by atoms with Gasteiger partial charge < -0.3 is 24.7 Å². The predicted octanol–water partition coefficient (Wildman–Crippen LogP) is 3.23. The fourth-order valence-corrected chi connectivity index (χ4v) is 4.79. The van der Waals surface area contributed by atoms with E-state index >= 15 is 0 Å². The van der Waals surface area contributed by atoms with Crippen LogP contribution < -0.4 is 24.7 Å². The second-order valence-corrected chi connectivity index (χ2v) is 7.93. The van der Waals surface area contributed by atoms with E-state index in [0.29, 0.717) is 29.2 Å². The van der Waals surface area contributed by atoms with E-state index in [9.17, 15) is 8.42 Å². The molecule has 0 amide bonds. The van der Waals surface area contributed by atoms with Gasteiger partial charge in [0.05, 0.1) is 44.3 Å². The summed E-state index contributed by atoms with van der Waals surface area (Å²) in [6, 6.07) is 7.87. The zero-order valence-electron chi connectivity index (χ0n) is 16.1. The minimum absolute atomic E-state index is 0.0817. The highest BCUT2D eigenvalue weighted by molar-refractivity contribution is 7.91. The third-order valence-corrected chi connectivity index (χ3v) is 6.59. The molecule has 0 saturated carbocycles. The van der Waals surface area contributed by atoms with E-state index in [0.717, 1.165) is 0 Å². The number of hydrogen-bond donors (Lipinski definition) is 1. The molecular formula is C19H25NO6S. The van der Waals surface area contributed by atoms with Crippen LogP contribution >= 0.6 is 0 Å². The molecule has 0 aliphatic carbocycles. The van der Waals surface area contributed by atoms with Crippen molar-refractivity contribution < 1.29 is 27.4 Å². The lowest BCUT2D eigenvalue weighted by atomic mass is 10.1. The maximum Gasteiger partial charge on any atom is 0.203 e. The maximum atomic E-state index is 13.3. The molecule has 2 aromatic rings. The van der Waals surface area contributed by atoms with Gasteiger partial charge in [0.25, 0.3) is 0 Å².